The Morgan fingerprint density at radius 2 is 1.69 bits per heavy atom. The molecule has 16 heavy (non-hydrogen) atoms. The van der Waals surface area contributed by atoms with Crippen LogP contribution in [0.1, 0.15) is 32.1 Å². The zero-order valence-electron chi connectivity index (χ0n) is 9.83. The van der Waals surface area contributed by atoms with Gasteiger partial charge in [-0.05, 0) is 12.8 Å². The molecule has 0 aromatic rings. The number of piperazine rings is 1. The first kappa shape index (κ1) is 12.2. The Balaban J connectivity index is 1.78. The van der Waals surface area contributed by atoms with Crippen LogP contribution in [0.2, 0.25) is 0 Å². The lowest BCUT2D eigenvalue weighted by Gasteiger charge is -2.40. The number of rotatable bonds is 2. The van der Waals surface area contributed by atoms with Crippen LogP contribution in [-0.2, 0) is 4.79 Å². The van der Waals surface area contributed by atoms with Crippen molar-refractivity contribution in [3.05, 3.63) is 0 Å². The van der Waals surface area contributed by atoms with E-state index in [4.69, 9.17) is 11.6 Å². The zero-order chi connectivity index (χ0) is 11.4. The number of amides is 1. The highest BCUT2D eigenvalue weighted by atomic mass is 35.5. The topological polar surface area (TPSA) is 23.6 Å². The standard InChI is InChI=1S/C12H21ClN2O/c13-10-12(16)15-8-6-14(7-9-15)11-4-2-1-3-5-11/h11H,1-10H2. The molecule has 1 amide bonds. The van der Waals surface area contributed by atoms with Crippen LogP contribution in [0.3, 0.4) is 0 Å². The van der Waals surface area contributed by atoms with E-state index in [-0.39, 0.29) is 11.8 Å². The zero-order valence-corrected chi connectivity index (χ0v) is 10.6. The maximum Gasteiger partial charge on any atom is 0.237 e. The highest BCUT2D eigenvalue weighted by molar-refractivity contribution is 6.27. The van der Waals surface area contributed by atoms with E-state index in [1.807, 2.05) is 4.90 Å². The van der Waals surface area contributed by atoms with E-state index in [0.29, 0.717) is 0 Å². The lowest BCUT2D eigenvalue weighted by Crippen LogP contribution is -2.52. The number of alkyl halides is 1. The van der Waals surface area contributed by atoms with Crippen LogP contribution in [-0.4, -0.2) is 53.8 Å². The van der Waals surface area contributed by atoms with Crippen LogP contribution in [0.5, 0.6) is 0 Å². The van der Waals surface area contributed by atoms with Crippen LogP contribution in [0, 0.1) is 0 Å². The van der Waals surface area contributed by atoms with Crippen molar-refractivity contribution in [2.45, 2.75) is 38.1 Å². The first-order valence-corrected chi connectivity index (χ1v) is 6.92. The number of carbonyl (C=O) groups excluding carboxylic acids is 1. The normalized spacial score (nSPS) is 24.7. The van der Waals surface area contributed by atoms with E-state index in [0.717, 1.165) is 32.2 Å². The van der Waals surface area contributed by atoms with Crippen LogP contribution in [0.15, 0.2) is 0 Å². The van der Waals surface area contributed by atoms with Crippen LogP contribution >= 0.6 is 11.6 Å². The molecule has 0 aromatic carbocycles. The van der Waals surface area contributed by atoms with E-state index in [1.165, 1.54) is 32.1 Å². The molecule has 4 heteroatoms. The molecule has 1 aliphatic carbocycles. The number of halogens is 1. The second-order valence-corrected chi connectivity index (χ2v) is 5.11. The predicted molar refractivity (Wildman–Crippen MR) is 65.7 cm³/mol. The Morgan fingerprint density at radius 3 is 2.25 bits per heavy atom. The van der Waals surface area contributed by atoms with Gasteiger partial charge in [0.2, 0.25) is 5.91 Å². The molecular weight excluding hydrogens is 224 g/mol. The van der Waals surface area contributed by atoms with Crippen molar-refractivity contribution in [3.63, 3.8) is 0 Å². The van der Waals surface area contributed by atoms with Gasteiger partial charge in [-0.15, -0.1) is 11.6 Å². The highest BCUT2D eigenvalue weighted by Gasteiger charge is 2.26. The number of hydrogen-bond acceptors (Lipinski definition) is 2. The SMILES string of the molecule is O=C(CCl)N1CCN(C2CCCCC2)CC1. The summed E-state index contributed by atoms with van der Waals surface area (Å²) in [5, 5.41) is 0. The van der Waals surface area contributed by atoms with Gasteiger partial charge in [0.25, 0.3) is 0 Å². The number of hydrogen-bond donors (Lipinski definition) is 0. The van der Waals surface area contributed by atoms with Gasteiger partial charge in [-0.1, -0.05) is 19.3 Å². The molecule has 0 atom stereocenters. The first-order chi connectivity index (χ1) is 7.81. The molecule has 0 N–H and O–H groups in total. The average molecular weight is 245 g/mol. The molecule has 1 aliphatic heterocycles. The number of nitrogens with zero attached hydrogens (tertiary/aromatic N) is 2. The Bertz CT molecular complexity index is 233. The molecule has 3 nitrogen and oxygen atoms in total. The van der Waals surface area contributed by atoms with E-state index < -0.39 is 0 Å². The second-order valence-electron chi connectivity index (χ2n) is 4.84. The lowest BCUT2D eigenvalue weighted by atomic mass is 9.94. The minimum Gasteiger partial charge on any atom is -0.339 e. The molecule has 1 saturated carbocycles. The Morgan fingerprint density at radius 1 is 1.06 bits per heavy atom. The molecular formula is C12H21ClN2O. The van der Waals surface area contributed by atoms with Crippen LogP contribution < -0.4 is 0 Å². The highest BCUT2D eigenvalue weighted by Crippen LogP contribution is 2.23. The smallest absolute Gasteiger partial charge is 0.237 e. The molecule has 0 radical (unpaired) electrons. The molecule has 0 aromatic heterocycles. The quantitative estimate of drug-likeness (QED) is 0.691. The van der Waals surface area contributed by atoms with Crippen molar-refractivity contribution in [2.24, 2.45) is 0 Å². The summed E-state index contributed by atoms with van der Waals surface area (Å²) in [5.41, 5.74) is 0. The van der Waals surface area contributed by atoms with Gasteiger partial charge < -0.3 is 4.90 Å². The minimum atomic E-state index is 0.0879. The minimum absolute atomic E-state index is 0.0879. The van der Waals surface area contributed by atoms with Gasteiger partial charge in [0.1, 0.15) is 5.88 Å². The van der Waals surface area contributed by atoms with Gasteiger partial charge in [-0.3, -0.25) is 9.69 Å². The Labute approximate surface area is 103 Å². The Hall–Kier alpha value is -0.280. The fraction of sp³-hybridized carbons (Fsp3) is 0.917. The van der Waals surface area contributed by atoms with Gasteiger partial charge in [-0.2, -0.15) is 0 Å². The maximum atomic E-state index is 11.4. The summed E-state index contributed by atoms with van der Waals surface area (Å²) in [6.07, 6.45) is 6.87. The Kier molecular flexibility index (Phi) is 4.47. The van der Waals surface area contributed by atoms with Gasteiger partial charge in [0.15, 0.2) is 0 Å². The van der Waals surface area contributed by atoms with Crippen LogP contribution in [0.25, 0.3) is 0 Å². The summed E-state index contributed by atoms with van der Waals surface area (Å²) in [4.78, 5) is 15.9. The van der Waals surface area contributed by atoms with Crippen molar-refractivity contribution in [1.82, 2.24) is 9.80 Å². The summed E-state index contributed by atoms with van der Waals surface area (Å²) in [6.45, 7) is 3.80. The van der Waals surface area contributed by atoms with Crippen LogP contribution in [0.4, 0.5) is 0 Å². The predicted octanol–water partition coefficient (Wildman–Crippen LogP) is 1.70. The lowest BCUT2D eigenvalue weighted by molar-refractivity contribution is -0.130. The fourth-order valence-electron chi connectivity index (χ4n) is 2.87. The molecule has 0 unspecified atom stereocenters. The van der Waals surface area contributed by atoms with E-state index in [9.17, 15) is 4.79 Å². The summed E-state index contributed by atoms with van der Waals surface area (Å²) >= 11 is 5.57. The molecule has 2 fully saturated rings. The van der Waals surface area contributed by atoms with Crippen molar-refractivity contribution in [2.75, 3.05) is 32.1 Å². The third-order valence-corrected chi connectivity index (χ3v) is 4.10. The van der Waals surface area contributed by atoms with E-state index in [1.54, 1.807) is 0 Å². The molecule has 1 saturated heterocycles. The van der Waals surface area contributed by atoms with Gasteiger partial charge >= 0.3 is 0 Å². The van der Waals surface area contributed by atoms with Gasteiger partial charge in [0.05, 0.1) is 0 Å². The van der Waals surface area contributed by atoms with Crippen molar-refractivity contribution in [3.8, 4) is 0 Å². The van der Waals surface area contributed by atoms with Crippen molar-refractivity contribution >= 4 is 17.5 Å². The van der Waals surface area contributed by atoms with Crippen molar-refractivity contribution < 1.29 is 4.79 Å². The summed E-state index contributed by atoms with van der Waals surface area (Å²) in [6, 6.07) is 0.780. The fourth-order valence-corrected chi connectivity index (χ4v) is 3.04. The molecule has 2 aliphatic rings. The largest absolute Gasteiger partial charge is 0.339 e. The molecule has 92 valence electrons. The molecule has 1 heterocycles. The summed E-state index contributed by atoms with van der Waals surface area (Å²) in [5.74, 6) is 0.216. The third-order valence-electron chi connectivity index (χ3n) is 3.87. The molecule has 0 spiro atoms. The second kappa shape index (κ2) is 5.87. The van der Waals surface area contributed by atoms with Gasteiger partial charge in [0, 0.05) is 32.2 Å². The monoisotopic (exact) mass is 244 g/mol. The summed E-state index contributed by atoms with van der Waals surface area (Å²) < 4.78 is 0. The third kappa shape index (κ3) is 2.89. The average Bonchev–Trinajstić information content (AvgIpc) is 2.39. The number of carbonyl (C=O) groups is 1. The van der Waals surface area contributed by atoms with E-state index in [2.05, 4.69) is 4.90 Å². The molecule has 0 bridgehead atoms. The first-order valence-electron chi connectivity index (χ1n) is 6.39. The van der Waals surface area contributed by atoms with Crippen molar-refractivity contribution in [1.29, 1.82) is 0 Å². The van der Waals surface area contributed by atoms with Gasteiger partial charge in [-0.25, -0.2) is 0 Å². The summed E-state index contributed by atoms with van der Waals surface area (Å²) in [7, 11) is 0. The maximum absolute atomic E-state index is 11.4. The van der Waals surface area contributed by atoms with E-state index >= 15 is 0 Å². The molecule has 2 rings (SSSR count).